The molecule has 0 saturated carbocycles. The molecule has 48 heavy (non-hydrogen) atoms. The molecule has 0 fully saturated rings. The molecule has 6 heteroatoms. The van der Waals surface area contributed by atoms with Crippen LogP contribution in [0.1, 0.15) is 232 Å². The zero-order valence-corrected chi connectivity index (χ0v) is 32.3. The lowest BCUT2D eigenvalue weighted by atomic mass is 9.99. The third-order valence-corrected chi connectivity index (χ3v) is 10.3. The van der Waals surface area contributed by atoms with Gasteiger partial charge in [-0.05, 0) is 12.8 Å². The lowest BCUT2D eigenvalue weighted by Crippen LogP contribution is -2.53. The average Bonchev–Trinajstić information content (AvgIpc) is 3.09. The maximum Gasteiger partial charge on any atom is 0.249 e. The molecule has 0 bridgehead atoms. The molecule has 0 aliphatic carbocycles. The van der Waals surface area contributed by atoms with Gasteiger partial charge in [0.15, 0.2) is 0 Å². The Balaban J connectivity index is 3.68. The second-order valence-corrected chi connectivity index (χ2v) is 15.1. The number of carbonyl (C=O) groups is 1. The molecule has 0 aromatic carbocycles. The van der Waals surface area contributed by atoms with Crippen molar-refractivity contribution in [1.82, 2.24) is 5.32 Å². The molecular formula is C42H85NO5. The van der Waals surface area contributed by atoms with E-state index in [2.05, 4.69) is 19.2 Å². The average molecular weight is 684 g/mol. The summed E-state index contributed by atoms with van der Waals surface area (Å²) in [6.07, 6.45) is 38.4. The van der Waals surface area contributed by atoms with E-state index in [1.807, 2.05) is 0 Å². The molecule has 0 rings (SSSR count). The van der Waals surface area contributed by atoms with Crippen molar-refractivity contribution in [3.8, 4) is 0 Å². The molecule has 4 atom stereocenters. The summed E-state index contributed by atoms with van der Waals surface area (Å²) in [7, 11) is 0. The van der Waals surface area contributed by atoms with Gasteiger partial charge in [-0.1, -0.05) is 219 Å². The van der Waals surface area contributed by atoms with Gasteiger partial charge in [-0.2, -0.15) is 0 Å². The Bertz CT molecular complexity index is 648. The summed E-state index contributed by atoms with van der Waals surface area (Å²) in [5.41, 5.74) is 0. The zero-order chi connectivity index (χ0) is 35.3. The second kappa shape index (κ2) is 37.6. The molecule has 0 aliphatic heterocycles. The lowest BCUT2D eigenvalue weighted by Gasteiger charge is -2.27. The van der Waals surface area contributed by atoms with Crippen LogP contribution in [0.15, 0.2) is 0 Å². The van der Waals surface area contributed by atoms with Crippen molar-refractivity contribution in [3.63, 3.8) is 0 Å². The normalized spacial score (nSPS) is 14.2. The highest BCUT2D eigenvalue weighted by atomic mass is 16.3. The van der Waals surface area contributed by atoms with Gasteiger partial charge in [0.2, 0.25) is 5.91 Å². The predicted molar refractivity (Wildman–Crippen MR) is 205 cm³/mol. The third-order valence-electron chi connectivity index (χ3n) is 10.3. The number of amides is 1. The minimum Gasteiger partial charge on any atom is -0.394 e. The Labute approximate surface area is 299 Å². The third kappa shape index (κ3) is 31.3. The number of nitrogens with one attached hydrogen (secondary N) is 1. The maximum absolute atomic E-state index is 12.5. The van der Waals surface area contributed by atoms with Gasteiger partial charge in [0.25, 0.3) is 0 Å². The van der Waals surface area contributed by atoms with E-state index in [0.29, 0.717) is 12.8 Å². The fourth-order valence-corrected chi connectivity index (χ4v) is 6.88. The molecule has 0 aromatic heterocycles. The fraction of sp³-hybridized carbons (Fsp3) is 0.976. The molecule has 0 saturated heterocycles. The van der Waals surface area contributed by atoms with Crippen molar-refractivity contribution in [3.05, 3.63) is 0 Å². The quantitative estimate of drug-likeness (QED) is 0.0414. The van der Waals surface area contributed by atoms with E-state index in [4.69, 9.17) is 0 Å². The van der Waals surface area contributed by atoms with Crippen LogP contribution < -0.4 is 5.32 Å². The Morgan fingerprint density at radius 2 is 0.708 bits per heavy atom. The topological polar surface area (TPSA) is 110 Å². The molecule has 288 valence electrons. The Hall–Kier alpha value is -0.690. The van der Waals surface area contributed by atoms with Crippen LogP contribution in [0.2, 0.25) is 0 Å². The van der Waals surface area contributed by atoms with Crippen LogP contribution in [0.3, 0.4) is 0 Å². The van der Waals surface area contributed by atoms with E-state index in [9.17, 15) is 25.2 Å². The molecule has 0 unspecified atom stereocenters. The predicted octanol–water partition coefficient (Wildman–Crippen LogP) is 10.8. The van der Waals surface area contributed by atoms with Crippen molar-refractivity contribution in [1.29, 1.82) is 0 Å². The van der Waals surface area contributed by atoms with Gasteiger partial charge in [-0.15, -0.1) is 0 Å². The SMILES string of the molecule is CCCCCCCCCCCCCCCCCCCCCC[C@H](O)C(=O)N[C@H](CO)[C@@H](O)[C@H](O)CCCCCCCCCCCCCC. The molecule has 6 nitrogen and oxygen atoms in total. The van der Waals surface area contributed by atoms with Gasteiger partial charge in [0.1, 0.15) is 12.2 Å². The van der Waals surface area contributed by atoms with Crippen molar-refractivity contribution in [2.75, 3.05) is 6.61 Å². The van der Waals surface area contributed by atoms with Crippen LogP contribution in [-0.4, -0.2) is 57.3 Å². The highest BCUT2D eigenvalue weighted by molar-refractivity contribution is 5.80. The van der Waals surface area contributed by atoms with Crippen LogP contribution in [-0.2, 0) is 4.79 Å². The molecule has 5 N–H and O–H groups in total. The van der Waals surface area contributed by atoms with Crippen LogP contribution in [0.5, 0.6) is 0 Å². The van der Waals surface area contributed by atoms with Crippen molar-refractivity contribution in [2.45, 2.75) is 257 Å². The number of rotatable bonds is 39. The first-order chi connectivity index (χ1) is 23.5. The fourth-order valence-electron chi connectivity index (χ4n) is 6.88. The monoisotopic (exact) mass is 684 g/mol. The standard InChI is InChI=1S/C42H85NO5/c1-3-5-7-9-11-13-15-17-18-19-20-21-22-23-24-26-28-30-32-34-36-40(46)42(48)43-38(37-44)41(47)39(45)35-33-31-29-27-25-16-14-12-10-8-6-4-2/h38-41,44-47H,3-37H2,1-2H3,(H,43,48)/t38-,39-,40+,41-/m1/s1. The van der Waals surface area contributed by atoms with Crippen LogP contribution in [0.25, 0.3) is 0 Å². The van der Waals surface area contributed by atoms with Crippen molar-refractivity contribution < 1.29 is 25.2 Å². The minimum atomic E-state index is -1.25. The number of carbonyl (C=O) groups excluding carboxylic acids is 1. The van der Waals surface area contributed by atoms with Crippen LogP contribution >= 0.6 is 0 Å². The lowest BCUT2D eigenvalue weighted by molar-refractivity contribution is -0.132. The Morgan fingerprint density at radius 1 is 0.438 bits per heavy atom. The molecule has 1 amide bonds. The summed E-state index contributed by atoms with van der Waals surface area (Å²) in [6.45, 7) is 4.05. The summed E-state index contributed by atoms with van der Waals surface area (Å²) in [5, 5.41) is 43.6. The summed E-state index contributed by atoms with van der Waals surface area (Å²) < 4.78 is 0. The van der Waals surface area contributed by atoms with Gasteiger partial charge < -0.3 is 25.7 Å². The van der Waals surface area contributed by atoms with Gasteiger partial charge in [-0.3, -0.25) is 4.79 Å². The molecule has 0 aromatic rings. The summed E-state index contributed by atoms with van der Waals surface area (Å²) >= 11 is 0. The zero-order valence-electron chi connectivity index (χ0n) is 32.3. The number of aliphatic hydroxyl groups excluding tert-OH is 4. The summed E-state index contributed by atoms with van der Waals surface area (Å²) in [5.74, 6) is -0.580. The maximum atomic E-state index is 12.5. The Kier molecular flexibility index (Phi) is 37.0. The highest BCUT2D eigenvalue weighted by Crippen LogP contribution is 2.17. The van der Waals surface area contributed by atoms with E-state index in [1.54, 1.807) is 0 Å². The first kappa shape index (κ1) is 47.3. The summed E-state index contributed by atoms with van der Waals surface area (Å²) in [4.78, 5) is 12.5. The van der Waals surface area contributed by atoms with Crippen LogP contribution in [0, 0.1) is 0 Å². The van der Waals surface area contributed by atoms with E-state index in [1.165, 1.54) is 167 Å². The van der Waals surface area contributed by atoms with Gasteiger partial charge in [0.05, 0.1) is 18.8 Å². The number of aliphatic hydroxyl groups is 4. The molecule has 0 aliphatic rings. The minimum absolute atomic E-state index is 0.375. The van der Waals surface area contributed by atoms with E-state index < -0.39 is 36.9 Å². The number of hydrogen-bond donors (Lipinski definition) is 5. The van der Waals surface area contributed by atoms with Crippen LogP contribution in [0.4, 0.5) is 0 Å². The van der Waals surface area contributed by atoms with Crippen molar-refractivity contribution in [2.24, 2.45) is 0 Å². The first-order valence-corrected chi connectivity index (χ1v) is 21.4. The molecule has 0 radical (unpaired) electrons. The van der Waals surface area contributed by atoms with Gasteiger partial charge in [-0.25, -0.2) is 0 Å². The molecule has 0 spiro atoms. The van der Waals surface area contributed by atoms with E-state index in [0.717, 1.165) is 38.5 Å². The van der Waals surface area contributed by atoms with Gasteiger partial charge >= 0.3 is 0 Å². The Morgan fingerprint density at radius 3 is 1.00 bits per heavy atom. The van der Waals surface area contributed by atoms with E-state index in [-0.39, 0.29) is 0 Å². The van der Waals surface area contributed by atoms with E-state index >= 15 is 0 Å². The van der Waals surface area contributed by atoms with Crippen molar-refractivity contribution >= 4 is 5.91 Å². The molecule has 0 heterocycles. The largest absolute Gasteiger partial charge is 0.394 e. The second-order valence-electron chi connectivity index (χ2n) is 15.1. The highest BCUT2D eigenvalue weighted by Gasteiger charge is 2.28. The smallest absolute Gasteiger partial charge is 0.249 e. The molecular weight excluding hydrogens is 598 g/mol. The number of unbranched alkanes of at least 4 members (excludes halogenated alkanes) is 30. The number of hydrogen-bond acceptors (Lipinski definition) is 5. The first-order valence-electron chi connectivity index (χ1n) is 21.4. The van der Waals surface area contributed by atoms with Gasteiger partial charge in [0, 0.05) is 0 Å². The summed E-state index contributed by atoms with van der Waals surface area (Å²) in [6, 6.07) is -0.977.